The molecule has 2 heterocycles. The van der Waals surface area contributed by atoms with Crippen molar-refractivity contribution in [3.63, 3.8) is 0 Å². The third-order valence-corrected chi connectivity index (χ3v) is 4.31. The van der Waals surface area contributed by atoms with Crippen LogP contribution in [-0.4, -0.2) is 57.4 Å². The molecular weight excluding hydrogens is 262 g/mol. The molecule has 1 aromatic rings. The average molecular weight is 275 g/mol. The monoisotopic (exact) mass is 275 g/mol. The number of ether oxygens (including phenoxy) is 1. The Labute approximate surface area is 114 Å². The molecule has 5 atom stereocenters. The smallest absolute Gasteiger partial charge is 0.261 e. The first-order chi connectivity index (χ1) is 9.59. The molecule has 2 fully saturated rings. The number of aliphatic hydroxyl groups is 2. The molecule has 1 aliphatic carbocycles. The van der Waals surface area contributed by atoms with E-state index < -0.39 is 36.2 Å². The Morgan fingerprint density at radius 1 is 1.05 bits per heavy atom. The van der Waals surface area contributed by atoms with E-state index in [-0.39, 0.29) is 12.5 Å². The zero-order valence-corrected chi connectivity index (χ0v) is 10.5. The number of carbonyl (C=O) groups is 2. The van der Waals surface area contributed by atoms with Crippen LogP contribution in [0.25, 0.3) is 0 Å². The minimum Gasteiger partial charge on any atom is -0.390 e. The third-order valence-electron chi connectivity index (χ3n) is 4.31. The van der Waals surface area contributed by atoms with E-state index in [0.29, 0.717) is 11.1 Å². The number of epoxide rings is 1. The molecule has 6 heteroatoms. The van der Waals surface area contributed by atoms with Crippen LogP contribution in [0.3, 0.4) is 0 Å². The lowest BCUT2D eigenvalue weighted by Gasteiger charge is -2.33. The number of benzene rings is 1. The first-order valence-corrected chi connectivity index (χ1v) is 6.58. The number of rotatable bonds is 1. The van der Waals surface area contributed by atoms with E-state index in [1.807, 2.05) is 0 Å². The molecule has 0 unspecified atom stereocenters. The van der Waals surface area contributed by atoms with Gasteiger partial charge in [-0.2, -0.15) is 0 Å². The van der Waals surface area contributed by atoms with Crippen LogP contribution in [0.5, 0.6) is 0 Å². The van der Waals surface area contributed by atoms with Gasteiger partial charge in [-0.3, -0.25) is 14.5 Å². The molecule has 3 aliphatic rings. The number of carbonyl (C=O) groups excluding carboxylic acids is 2. The number of amides is 2. The van der Waals surface area contributed by atoms with Crippen molar-refractivity contribution < 1.29 is 24.5 Å². The van der Waals surface area contributed by atoms with Gasteiger partial charge in [-0.15, -0.1) is 0 Å². The highest BCUT2D eigenvalue weighted by Crippen LogP contribution is 2.40. The second kappa shape index (κ2) is 3.88. The summed E-state index contributed by atoms with van der Waals surface area (Å²) in [7, 11) is 0. The van der Waals surface area contributed by atoms with Gasteiger partial charge in [-0.1, -0.05) is 12.1 Å². The fourth-order valence-electron chi connectivity index (χ4n) is 3.23. The summed E-state index contributed by atoms with van der Waals surface area (Å²) in [5.74, 6) is -0.832. The van der Waals surface area contributed by atoms with Crippen LogP contribution in [0.15, 0.2) is 24.3 Å². The quantitative estimate of drug-likeness (QED) is 0.535. The summed E-state index contributed by atoms with van der Waals surface area (Å²) in [5.41, 5.74) is 0.691. The van der Waals surface area contributed by atoms with Crippen LogP contribution in [0.1, 0.15) is 27.1 Å². The number of fused-ring (bicyclic) bond motifs is 2. The third kappa shape index (κ3) is 1.44. The van der Waals surface area contributed by atoms with Crippen LogP contribution in [0.4, 0.5) is 0 Å². The molecule has 0 spiro atoms. The van der Waals surface area contributed by atoms with Crippen molar-refractivity contribution in [3.8, 4) is 0 Å². The summed E-state index contributed by atoms with van der Waals surface area (Å²) in [5, 5.41) is 20.1. The van der Waals surface area contributed by atoms with E-state index in [1.165, 1.54) is 0 Å². The van der Waals surface area contributed by atoms with Gasteiger partial charge < -0.3 is 14.9 Å². The van der Waals surface area contributed by atoms with Crippen molar-refractivity contribution >= 4 is 11.8 Å². The Kier molecular flexibility index (Phi) is 2.33. The predicted molar refractivity (Wildman–Crippen MR) is 66.0 cm³/mol. The first-order valence-electron chi connectivity index (χ1n) is 6.58. The number of hydrogen-bond donors (Lipinski definition) is 2. The Morgan fingerprint density at radius 2 is 1.65 bits per heavy atom. The highest BCUT2D eigenvalue weighted by atomic mass is 16.6. The molecule has 6 nitrogen and oxygen atoms in total. The lowest BCUT2D eigenvalue weighted by Crippen LogP contribution is -2.54. The minimum absolute atomic E-state index is 0.147. The van der Waals surface area contributed by atoms with E-state index in [4.69, 9.17) is 4.74 Å². The standard InChI is InChI=1S/C14H13NO5/c16-9-5-8(10(17)12-11(9)20-12)15-13(18)6-3-1-2-4-7(6)14(15)19/h1-4,8-12,16-17H,5H2/t8-,9-,10+,11-,12+/m1/s1. The molecular formula is C14H13NO5. The molecule has 2 aliphatic heterocycles. The largest absolute Gasteiger partial charge is 0.390 e. The van der Waals surface area contributed by atoms with Gasteiger partial charge in [-0.25, -0.2) is 0 Å². The fraction of sp³-hybridized carbons (Fsp3) is 0.429. The van der Waals surface area contributed by atoms with Gasteiger partial charge in [0.15, 0.2) is 0 Å². The van der Waals surface area contributed by atoms with Crippen LogP contribution < -0.4 is 0 Å². The molecule has 2 amide bonds. The Hall–Kier alpha value is -1.76. The molecule has 4 rings (SSSR count). The lowest BCUT2D eigenvalue weighted by atomic mass is 9.89. The second-order valence-electron chi connectivity index (χ2n) is 5.45. The van der Waals surface area contributed by atoms with Gasteiger partial charge in [0, 0.05) is 0 Å². The van der Waals surface area contributed by atoms with Crippen molar-refractivity contribution in [1.29, 1.82) is 0 Å². The molecule has 0 bridgehead atoms. The second-order valence-corrected chi connectivity index (χ2v) is 5.45. The zero-order valence-electron chi connectivity index (χ0n) is 10.5. The van der Waals surface area contributed by atoms with Crippen molar-refractivity contribution in [1.82, 2.24) is 4.90 Å². The minimum atomic E-state index is -0.939. The van der Waals surface area contributed by atoms with Crippen LogP contribution in [0, 0.1) is 0 Å². The molecule has 0 aromatic heterocycles. The van der Waals surface area contributed by atoms with Gasteiger partial charge >= 0.3 is 0 Å². The maximum Gasteiger partial charge on any atom is 0.261 e. The van der Waals surface area contributed by atoms with Gasteiger partial charge in [0.05, 0.1) is 23.3 Å². The number of nitrogens with zero attached hydrogens (tertiary/aromatic N) is 1. The SMILES string of the molecule is O=C1c2ccccc2C(=O)N1[C@@H]1C[C@@H](O)[C@H]2O[C@H]2[C@H]1O. The molecule has 1 saturated carbocycles. The maximum absolute atomic E-state index is 12.4. The molecule has 20 heavy (non-hydrogen) atoms. The van der Waals surface area contributed by atoms with Crippen molar-refractivity contribution in [2.45, 2.75) is 36.9 Å². The highest BCUT2D eigenvalue weighted by molar-refractivity contribution is 6.21. The van der Waals surface area contributed by atoms with Crippen molar-refractivity contribution in [2.75, 3.05) is 0 Å². The number of aliphatic hydroxyl groups excluding tert-OH is 2. The first kappa shape index (κ1) is 12.0. The summed E-state index contributed by atoms with van der Waals surface area (Å²) in [6.45, 7) is 0. The van der Waals surface area contributed by atoms with Crippen LogP contribution in [0.2, 0.25) is 0 Å². The highest BCUT2D eigenvalue weighted by Gasteiger charge is 2.59. The molecule has 1 saturated heterocycles. The molecule has 1 aromatic carbocycles. The van der Waals surface area contributed by atoms with E-state index in [2.05, 4.69) is 0 Å². The van der Waals surface area contributed by atoms with Crippen LogP contribution >= 0.6 is 0 Å². The Bertz CT molecular complexity index is 580. The predicted octanol–water partition coefficient (Wildman–Crippen LogP) is -0.456. The fourth-order valence-corrected chi connectivity index (χ4v) is 3.23. The van der Waals surface area contributed by atoms with E-state index in [1.54, 1.807) is 24.3 Å². The van der Waals surface area contributed by atoms with E-state index in [9.17, 15) is 19.8 Å². The van der Waals surface area contributed by atoms with Gasteiger partial charge in [0.1, 0.15) is 18.3 Å². The summed E-state index contributed by atoms with van der Waals surface area (Å²) in [4.78, 5) is 25.8. The van der Waals surface area contributed by atoms with E-state index >= 15 is 0 Å². The molecule has 104 valence electrons. The topological polar surface area (TPSA) is 90.4 Å². The summed E-state index contributed by atoms with van der Waals surface area (Å²) >= 11 is 0. The Balaban J connectivity index is 1.70. The zero-order chi connectivity index (χ0) is 14.0. The molecule has 2 N–H and O–H groups in total. The summed E-state index contributed by atoms with van der Waals surface area (Å²) in [6, 6.07) is 5.84. The normalized spacial score (nSPS) is 38.7. The van der Waals surface area contributed by atoms with Crippen molar-refractivity contribution in [2.24, 2.45) is 0 Å². The summed E-state index contributed by atoms with van der Waals surface area (Å²) in [6.07, 6.45) is -2.39. The van der Waals surface area contributed by atoms with Gasteiger partial charge in [0.2, 0.25) is 0 Å². The summed E-state index contributed by atoms with van der Waals surface area (Å²) < 4.78 is 5.19. The van der Waals surface area contributed by atoms with Gasteiger partial charge in [0.25, 0.3) is 11.8 Å². The average Bonchev–Trinajstić information content (AvgIpc) is 3.21. The maximum atomic E-state index is 12.4. The van der Waals surface area contributed by atoms with Crippen molar-refractivity contribution in [3.05, 3.63) is 35.4 Å². The number of hydrogen-bond acceptors (Lipinski definition) is 5. The van der Waals surface area contributed by atoms with E-state index in [0.717, 1.165) is 4.90 Å². The van der Waals surface area contributed by atoms with Gasteiger partial charge in [-0.05, 0) is 18.6 Å². The number of imide groups is 1. The lowest BCUT2D eigenvalue weighted by molar-refractivity contribution is 0.00239. The molecule has 0 radical (unpaired) electrons. The van der Waals surface area contributed by atoms with Crippen LogP contribution in [-0.2, 0) is 4.74 Å². The Morgan fingerprint density at radius 3 is 2.25 bits per heavy atom.